The van der Waals surface area contributed by atoms with Crippen LogP contribution in [0.25, 0.3) is 0 Å². The van der Waals surface area contributed by atoms with Crippen LogP contribution in [0.4, 0.5) is 0 Å². The second-order valence-corrected chi connectivity index (χ2v) is 3.21. The van der Waals surface area contributed by atoms with E-state index in [2.05, 4.69) is 4.74 Å². The van der Waals surface area contributed by atoms with E-state index in [1.54, 1.807) is 6.92 Å². The van der Waals surface area contributed by atoms with Crippen LogP contribution in [-0.4, -0.2) is 24.5 Å². The summed E-state index contributed by atoms with van der Waals surface area (Å²) in [5.74, 6) is -0.650. The van der Waals surface area contributed by atoms with Crippen LogP contribution in [0.2, 0.25) is 0 Å². The third-order valence-electron chi connectivity index (χ3n) is 1.07. The summed E-state index contributed by atoms with van der Waals surface area (Å²) in [7, 11) is -0.794. The highest BCUT2D eigenvalue weighted by Gasteiger charge is 2.29. The summed E-state index contributed by atoms with van der Waals surface area (Å²) in [5, 5.41) is 8.48. The van der Waals surface area contributed by atoms with Gasteiger partial charge >= 0.3 is 13.8 Å². The summed E-state index contributed by atoms with van der Waals surface area (Å²) in [5.41, 5.74) is 0. The Balaban J connectivity index is 4.43. The molecule has 0 spiro atoms. The van der Waals surface area contributed by atoms with Gasteiger partial charge < -0.3 is 9.84 Å². The molecule has 1 N–H and O–H groups in total. The van der Waals surface area contributed by atoms with Gasteiger partial charge in [-0.1, -0.05) is 4.57 Å². The number of hydrogen-bond donors (Lipinski definition) is 1. The van der Waals surface area contributed by atoms with Crippen molar-refractivity contribution in [1.82, 2.24) is 0 Å². The largest absolute Gasteiger partial charge is 0.463 e. The topological polar surface area (TPSA) is 63.6 Å². The van der Waals surface area contributed by atoms with Gasteiger partial charge in [-0.3, -0.25) is 0 Å². The molecule has 0 aliphatic carbocycles. The number of hydrogen-bond acceptors (Lipinski definition) is 4. The highest BCUT2D eigenvalue weighted by molar-refractivity contribution is 7.50. The first kappa shape index (κ1) is 10.3. The van der Waals surface area contributed by atoms with Crippen LogP contribution < -0.4 is 0 Å². The molecule has 62 valence electrons. The van der Waals surface area contributed by atoms with Gasteiger partial charge in [-0.05, 0) is 13.0 Å². The lowest BCUT2D eigenvalue weighted by Crippen LogP contribution is -2.02. The molecular weight excluding hydrogens is 167 g/mol. The van der Waals surface area contributed by atoms with Gasteiger partial charge in [0.05, 0.1) is 7.11 Å². The molecule has 1 unspecified atom stereocenters. The zero-order valence-corrected chi connectivity index (χ0v) is 7.30. The molecule has 0 amide bonds. The fourth-order valence-corrected chi connectivity index (χ4v) is 1.28. The minimum atomic E-state index is -1.99. The zero-order chi connectivity index (χ0) is 8.85. The van der Waals surface area contributed by atoms with Crippen LogP contribution in [0.1, 0.15) is 6.92 Å². The van der Waals surface area contributed by atoms with Crippen LogP contribution in [0.3, 0.4) is 0 Å². The fourth-order valence-electron chi connectivity index (χ4n) is 0.544. The number of esters is 1. The molecule has 0 bridgehead atoms. The maximum atomic E-state index is 10.9. The molecule has 0 aromatic carbocycles. The predicted octanol–water partition coefficient (Wildman–Crippen LogP) is 0.840. The number of aliphatic hydroxyl groups excluding tert-OH is 1. The normalized spacial score (nSPS) is 12.6. The molecule has 0 fully saturated rings. The minimum Gasteiger partial charge on any atom is -0.463 e. The number of ether oxygens (including phenoxy) is 1. The Hall–Kier alpha value is -0.730. The minimum absolute atomic E-state index is 0.0324. The highest BCUT2D eigenvalue weighted by atomic mass is 31.1. The zero-order valence-electron chi connectivity index (χ0n) is 6.40. The number of carbonyl (C=O) groups is 1. The summed E-state index contributed by atoms with van der Waals surface area (Å²) in [6.07, 6.45) is 0.852. The summed E-state index contributed by atoms with van der Waals surface area (Å²) in [6, 6.07) is 0. The molecule has 1 atom stereocenters. The first-order valence-corrected chi connectivity index (χ1v) is 4.42. The van der Waals surface area contributed by atoms with Gasteiger partial charge in [0, 0.05) is 0 Å². The average Bonchev–Trinajstić information content (AvgIpc) is 2.05. The van der Waals surface area contributed by atoms with Crippen molar-refractivity contribution >= 4 is 13.8 Å². The molecular formula is C6H10O4P+. The summed E-state index contributed by atoms with van der Waals surface area (Å²) in [4.78, 5) is 10.8. The van der Waals surface area contributed by atoms with Crippen LogP contribution in [-0.2, 0) is 14.1 Å². The van der Waals surface area contributed by atoms with Crippen molar-refractivity contribution in [2.24, 2.45) is 0 Å². The number of allylic oxidation sites excluding steroid dienone is 1. The van der Waals surface area contributed by atoms with E-state index in [1.165, 1.54) is 13.2 Å². The first-order valence-electron chi connectivity index (χ1n) is 2.97. The Bertz CT molecular complexity index is 179. The number of rotatable bonds is 3. The van der Waals surface area contributed by atoms with Crippen LogP contribution in [0.15, 0.2) is 11.4 Å². The fraction of sp³-hybridized carbons (Fsp3) is 0.500. The van der Waals surface area contributed by atoms with Crippen molar-refractivity contribution in [1.29, 1.82) is 0 Å². The van der Waals surface area contributed by atoms with E-state index >= 15 is 0 Å². The van der Waals surface area contributed by atoms with Crippen LogP contribution in [0.5, 0.6) is 0 Å². The van der Waals surface area contributed by atoms with E-state index in [-0.39, 0.29) is 5.31 Å². The quantitative estimate of drug-likeness (QED) is 0.394. The van der Waals surface area contributed by atoms with Gasteiger partial charge in [0.15, 0.2) is 0 Å². The van der Waals surface area contributed by atoms with E-state index in [9.17, 15) is 9.36 Å². The molecule has 5 heteroatoms. The van der Waals surface area contributed by atoms with E-state index in [1.807, 2.05) is 0 Å². The Labute approximate surface area is 65.6 Å². The Morgan fingerprint density at radius 2 is 2.27 bits per heavy atom. The van der Waals surface area contributed by atoms with Crippen molar-refractivity contribution in [3.8, 4) is 0 Å². The predicted molar refractivity (Wildman–Crippen MR) is 40.5 cm³/mol. The lowest BCUT2D eigenvalue weighted by Gasteiger charge is -1.90. The van der Waals surface area contributed by atoms with Crippen molar-refractivity contribution in [3.63, 3.8) is 0 Å². The molecule has 0 radical (unpaired) electrons. The van der Waals surface area contributed by atoms with Crippen LogP contribution >= 0.6 is 7.80 Å². The van der Waals surface area contributed by atoms with E-state index in [0.29, 0.717) is 0 Å². The Morgan fingerprint density at radius 3 is 2.55 bits per heavy atom. The number of carbonyl (C=O) groups excluding carboxylic acids is 1. The van der Waals surface area contributed by atoms with Crippen molar-refractivity contribution in [2.75, 3.05) is 13.5 Å². The monoisotopic (exact) mass is 177 g/mol. The van der Waals surface area contributed by atoms with Crippen molar-refractivity contribution in [2.45, 2.75) is 6.92 Å². The van der Waals surface area contributed by atoms with Crippen molar-refractivity contribution < 1.29 is 19.2 Å². The molecule has 0 rings (SSSR count). The molecule has 0 aliphatic rings. The molecule has 4 nitrogen and oxygen atoms in total. The molecule has 0 aromatic rings. The summed E-state index contributed by atoms with van der Waals surface area (Å²) >= 11 is 0. The molecule has 11 heavy (non-hydrogen) atoms. The SMILES string of the molecule is CC=C(C(=O)OC)[P+](=O)CO. The summed E-state index contributed by atoms with van der Waals surface area (Å²) in [6.45, 7) is 1.56. The maximum Gasteiger partial charge on any atom is 0.412 e. The van der Waals surface area contributed by atoms with Gasteiger partial charge in [0.1, 0.15) is 0 Å². The Morgan fingerprint density at radius 1 is 1.73 bits per heavy atom. The van der Waals surface area contributed by atoms with Gasteiger partial charge in [-0.15, -0.1) is 0 Å². The van der Waals surface area contributed by atoms with Gasteiger partial charge in [-0.25, -0.2) is 4.79 Å². The maximum absolute atomic E-state index is 10.9. The molecule has 0 aromatic heterocycles. The number of methoxy groups -OCH3 is 1. The van der Waals surface area contributed by atoms with Crippen molar-refractivity contribution in [3.05, 3.63) is 11.4 Å². The lowest BCUT2D eigenvalue weighted by molar-refractivity contribution is -0.135. The molecule has 0 aliphatic heterocycles. The second-order valence-electron chi connectivity index (χ2n) is 1.69. The van der Waals surface area contributed by atoms with E-state index < -0.39 is 20.1 Å². The smallest absolute Gasteiger partial charge is 0.412 e. The van der Waals surface area contributed by atoms with E-state index in [4.69, 9.17) is 5.11 Å². The second kappa shape index (κ2) is 4.99. The third kappa shape index (κ3) is 2.78. The van der Waals surface area contributed by atoms with Gasteiger partial charge in [-0.2, -0.15) is 0 Å². The molecule has 0 heterocycles. The Kier molecular flexibility index (Phi) is 4.66. The number of aliphatic hydroxyl groups is 1. The third-order valence-corrected chi connectivity index (χ3v) is 2.30. The van der Waals surface area contributed by atoms with Crippen LogP contribution in [0, 0.1) is 0 Å². The first-order chi connectivity index (χ1) is 5.17. The van der Waals surface area contributed by atoms with Gasteiger partial charge in [0.2, 0.25) is 6.35 Å². The molecule has 0 saturated heterocycles. The average molecular weight is 177 g/mol. The van der Waals surface area contributed by atoms with Gasteiger partial charge in [0.25, 0.3) is 5.31 Å². The lowest BCUT2D eigenvalue weighted by atomic mass is 10.5. The summed E-state index contributed by atoms with van der Waals surface area (Å²) < 4.78 is 15.2. The van der Waals surface area contributed by atoms with E-state index in [0.717, 1.165) is 0 Å². The molecule has 0 saturated carbocycles. The standard InChI is InChI=1S/C6H10O4P/c1-3-5(6(8)10-2)11(9)4-7/h3,7H,4H2,1-2H3/q+1. The highest BCUT2D eigenvalue weighted by Crippen LogP contribution is 2.31.